The van der Waals surface area contributed by atoms with Crippen molar-refractivity contribution in [2.24, 2.45) is 17.8 Å². The fourth-order valence-electron chi connectivity index (χ4n) is 5.23. The van der Waals surface area contributed by atoms with Crippen LogP contribution in [0.5, 0.6) is 0 Å². The van der Waals surface area contributed by atoms with Gasteiger partial charge in [-0.15, -0.1) is 0 Å². The van der Waals surface area contributed by atoms with E-state index in [0.29, 0.717) is 17.9 Å². The Morgan fingerprint density at radius 2 is 1.76 bits per heavy atom. The summed E-state index contributed by atoms with van der Waals surface area (Å²) < 4.78 is 0. The highest BCUT2D eigenvalue weighted by Gasteiger charge is 2.45. The van der Waals surface area contributed by atoms with Crippen LogP contribution in [0, 0.1) is 17.8 Å². The summed E-state index contributed by atoms with van der Waals surface area (Å²) in [5.41, 5.74) is 0. The van der Waals surface area contributed by atoms with Crippen LogP contribution in [0.15, 0.2) is 0 Å². The normalized spacial score (nSPS) is 49.2. The molecule has 0 N–H and O–H groups in total. The Labute approximate surface area is 104 Å². The zero-order chi connectivity index (χ0) is 11.4. The van der Waals surface area contributed by atoms with E-state index in [1.807, 2.05) is 0 Å². The molecule has 4 rings (SSSR count). The Balaban J connectivity index is 1.45. The Bertz CT molecular complexity index is 324. The van der Waals surface area contributed by atoms with Crippen molar-refractivity contribution in [3.05, 3.63) is 0 Å². The molecule has 0 aromatic heterocycles. The zero-order valence-electron chi connectivity index (χ0n) is 10.6. The summed E-state index contributed by atoms with van der Waals surface area (Å²) in [6.07, 6.45) is 10.3. The summed E-state index contributed by atoms with van der Waals surface area (Å²) in [6.45, 7) is 1.32. The summed E-state index contributed by atoms with van der Waals surface area (Å²) in [5.74, 6) is 3.61. The Morgan fingerprint density at radius 1 is 1.00 bits per heavy atom. The average molecular weight is 233 g/mol. The van der Waals surface area contributed by atoms with Crippen molar-refractivity contribution in [1.29, 1.82) is 0 Å². The lowest BCUT2D eigenvalue weighted by molar-refractivity contribution is -0.123. The van der Waals surface area contributed by atoms with Crippen LogP contribution in [-0.2, 0) is 4.79 Å². The number of hydrogen-bond acceptors (Lipinski definition) is 2. The van der Waals surface area contributed by atoms with Gasteiger partial charge in [-0.2, -0.15) is 0 Å². The molecule has 5 unspecified atom stereocenters. The van der Waals surface area contributed by atoms with Crippen molar-refractivity contribution in [2.75, 3.05) is 6.54 Å². The van der Waals surface area contributed by atoms with Gasteiger partial charge in [0.1, 0.15) is 5.78 Å². The van der Waals surface area contributed by atoms with Gasteiger partial charge in [-0.05, 0) is 49.9 Å². The fraction of sp³-hybridized carbons (Fsp3) is 0.933. The predicted octanol–water partition coefficient (Wildman–Crippen LogP) is 2.62. The number of nitrogens with zero attached hydrogens (tertiary/aromatic N) is 1. The van der Waals surface area contributed by atoms with Crippen LogP contribution in [-0.4, -0.2) is 29.3 Å². The topological polar surface area (TPSA) is 20.3 Å². The van der Waals surface area contributed by atoms with Gasteiger partial charge in [0.2, 0.25) is 0 Å². The Hall–Kier alpha value is -0.370. The fourth-order valence-corrected chi connectivity index (χ4v) is 5.23. The molecule has 2 saturated carbocycles. The lowest BCUT2D eigenvalue weighted by Gasteiger charge is -2.37. The first-order valence-electron chi connectivity index (χ1n) is 7.57. The third-order valence-electron chi connectivity index (χ3n) is 6.03. The Morgan fingerprint density at radius 3 is 2.35 bits per heavy atom. The predicted molar refractivity (Wildman–Crippen MR) is 66.7 cm³/mol. The highest BCUT2D eigenvalue weighted by Crippen LogP contribution is 2.49. The molecule has 2 heteroatoms. The molecule has 0 aromatic rings. The standard InChI is InChI=1S/C15H23NO/c17-15-7-13-3-4-14(8-15)16(13)9-12-6-10-1-2-11(12)5-10/h10-14H,1-9H2. The van der Waals surface area contributed by atoms with Crippen molar-refractivity contribution >= 4 is 5.78 Å². The van der Waals surface area contributed by atoms with Gasteiger partial charge in [0.15, 0.2) is 0 Å². The molecule has 0 aromatic carbocycles. The highest BCUT2D eigenvalue weighted by molar-refractivity contribution is 5.80. The minimum absolute atomic E-state index is 0.529. The summed E-state index contributed by atoms with van der Waals surface area (Å²) in [4.78, 5) is 14.3. The van der Waals surface area contributed by atoms with Crippen LogP contribution in [0.25, 0.3) is 0 Å². The number of rotatable bonds is 2. The molecule has 17 heavy (non-hydrogen) atoms. The number of carbonyl (C=O) groups excluding carboxylic acids is 1. The maximum atomic E-state index is 11.6. The van der Waals surface area contributed by atoms with E-state index in [2.05, 4.69) is 4.90 Å². The van der Waals surface area contributed by atoms with Crippen LogP contribution in [0.3, 0.4) is 0 Å². The van der Waals surface area contributed by atoms with Gasteiger partial charge in [-0.25, -0.2) is 0 Å². The largest absolute Gasteiger partial charge is 0.300 e. The van der Waals surface area contributed by atoms with Crippen LogP contribution >= 0.6 is 0 Å². The van der Waals surface area contributed by atoms with Crippen LogP contribution in [0.1, 0.15) is 51.4 Å². The number of Topliss-reactive ketones (excluding diaryl/α,β-unsaturated/α-hetero) is 1. The molecule has 4 fully saturated rings. The minimum Gasteiger partial charge on any atom is -0.300 e. The lowest BCUT2D eigenvalue weighted by atomic mass is 9.87. The third kappa shape index (κ3) is 1.68. The van der Waals surface area contributed by atoms with Gasteiger partial charge in [0.05, 0.1) is 0 Å². The first-order chi connectivity index (χ1) is 8.29. The first kappa shape index (κ1) is 10.5. The van der Waals surface area contributed by atoms with E-state index in [0.717, 1.165) is 30.6 Å². The average Bonchev–Trinajstić information content (AvgIpc) is 2.95. The van der Waals surface area contributed by atoms with E-state index >= 15 is 0 Å². The van der Waals surface area contributed by atoms with Gasteiger partial charge in [-0.1, -0.05) is 6.42 Å². The minimum atomic E-state index is 0.529. The van der Waals surface area contributed by atoms with Crippen molar-refractivity contribution in [3.8, 4) is 0 Å². The number of ketones is 1. The summed E-state index contributed by atoms with van der Waals surface area (Å²) >= 11 is 0. The molecule has 4 aliphatic rings. The quantitative estimate of drug-likeness (QED) is 0.730. The summed E-state index contributed by atoms with van der Waals surface area (Å²) in [7, 11) is 0. The van der Waals surface area contributed by atoms with E-state index in [1.54, 1.807) is 0 Å². The van der Waals surface area contributed by atoms with Gasteiger partial charge < -0.3 is 0 Å². The molecule has 2 heterocycles. The van der Waals surface area contributed by atoms with E-state index < -0.39 is 0 Å². The summed E-state index contributed by atoms with van der Waals surface area (Å²) in [6, 6.07) is 1.25. The van der Waals surface area contributed by atoms with Crippen molar-refractivity contribution < 1.29 is 4.79 Å². The SMILES string of the molecule is O=C1CC2CCC(C1)N2CC1CC2CCC1C2. The van der Waals surface area contributed by atoms with Crippen molar-refractivity contribution in [3.63, 3.8) is 0 Å². The van der Waals surface area contributed by atoms with Gasteiger partial charge >= 0.3 is 0 Å². The molecule has 2 saturated heterocycles. The first-order valence-corrected chi connectivity index (χ1v) is 7.57. The molecular formula is C15H23NO. The second-order valence-electron chi connectivity index (χ2n) is 6.96. The maximum absolute atomic E-state index is 11.6. The van der Waals surface area contributed by atoms with Crippen LogP contribution < -0.4 is 0 Å². The zero-order valence-corrected chi connectivity index (χ0v) is 10.6. The lowest BCUT2D eigenvalue weighted by Crippen LogP contribution is -2.46. The third-order valence-corrected chi connectivity index (χ3v) is 6.03. The van der Waals surface area contributed by atoms with E-state index in [-0.39, 0.29) is 0 Å². The molecule has 2 aliphatic carbocycles. The molecule has 5 atom stereocenters. The van der Waals surface area contributed by atoms with E-state index in [4.69, 9.17) is 0 Å². The number of piperidine rings is 1. The number of fused-ring (bicyclic) bond motifs is 4. The van der Waals surface area contributed by atoms with Gasteiger partial charge in [0.25, 0.3) is 0 Å². The smallest absolute Gasteiger partial charge is 0.136 e. The van der Waals surface area contributed by atoms with Crippen molar-refractivity contribution in [2.45, 2.75) is 63.5 Å². The molecule has 4 bridgehead atoms. The van der Waals surface area contributed by atoms with E-state index in [9.17, 15) is 4.79 Å². The van der Waals surface area contributed by atoms with Gasteiger partial charge in [-0.3, -0.25) is 9.69 Å². The summed E-state index contributed by atoms with van der Waals surface area (Å²) in [5, 5.41) is 0. The molecule has 0 spiro atoms. The number of hydrogen-bond donors (Lipinski definition) is 0. The molecule has 2 aliphatic heterocycles. The van der Waals surface area contributed by atoms with Crippen LogP contribution in [0.2, 0.25) is 0 Å². The number of carbonyl (C=O) groups is 1. The Kier molecular flexibility index (Phi) is 2.36. The van der Waals surface area contributed by atoms with Gasteiger partial charge in [0, 0.05) is 31.5 Å². The molecule has 0 amide bonds. The molecule has 0 radical (unpaired) electrons. The second kappa shape index (κ2) is 3.81. The highest BCUT2D eigenvalue weighted by atomic mass is 16.1. The molecular weight excluding hydrogens is 210 g/mol. The molecule has 2 nitrogen and oxygen atoms in total. The van der Waals surface area contributed by atoms with Crippen molar-refractivity contribution in [1.82, 2.24) is 4.90 Å². The van der Waals surface area contributed by atoms with Crippen LogP contribution in [0.4, 0.5) is 0 Å². The monoisotopic (exact) mass is 233 g/mol. The maximum Gasteiger partial charge on any atom is 0.136 e. The second-order valence-corrected chi connectivity index (χ2v) is 6.96. The van der Waals surface area contributed by atoms with E-state index in [1.165, 1.54) is 45.1 Å². The molecule has 94 valence electrons.